The number of ether oxygens (including phenoxy) is 2. The Labute approximate surface area is 126 Å². The molecule has 1 rings (SSSR count). The SMILES string of the molecule is CCCC(C)N=NC1CC(C(=O)OC)CCC1C(=O)OC. The maximum Gasteiger partial charge on any atom is 0.310 e. The Bertz CT molecular complexity index is 384. The molecule has 4 unspecified atom stereocenters. The summed E-state index contributed by atoms with van der Waals surface area (Å²) in [6.07, 6.45) is 3.70. The molecular weight excluding hydrogens is 272 g/mol. The van der Waals surface area contributed by atoms with Gasteiger partial charge in [0.1, 0.15) is 0 Å². The zero-order valence-corrected chi connectivity index (χ0v) is 13.4. The van der Waals surface area contributed by atoms with Crippen LogP contribution in [0.25, 0.3) is 0 Å². The van der Waals surface area contributed by atoms with E-state index in [0.29, 0.717) is 19.3 Å². The minimum Gasteiger partial charge on any atom is -0.469 e. The van der Waals surface area contributed by atoms with Gasteiger partial charge in [-0.15, -0.1) is 0 Å². The van der Waals surface area contributed by atoms with Gasteiger partial charge in [-0.2, -0.15) is 10.2 Å². The Kier molecular flexibility index (Phi) is 7.32. The average Bonchev–Trinajstić information content (AvgIpc) is 2.51. The molecule has 1 fully saturated rings. The van der Waals surface area contributed by atoms with Crippen molar-refractivity contribution in [3.05, 3.63) is 0 Å². The van der Waals surface area contributed by atoms with Crippen LogP contribution in [0.15, 0.2) is 10.2 Å². The van der Waals surface area contributed by atoms with Crippen molar-refractivity contribution in [3.8, 4) is 0 Å². The van der Waals surface area contributed by atoms with Crippen LogP contribution in [-0.4, -0.2) is 38.2 Å². The standard InChI is InChI=1S/C15H26N2O4/c1-5-6-10(2)16-17-13-9-11(14(18)20-3)7-8-12(13)15(19)21-4/h10-13H,5-9H2,1-4H3. The van der Waals surface area contributed by atoms with Crippen LogP contribution < -0.4 is 0 Å². The number of esters is 2. The van der Waals surface area contributed by atoms with Gasteiger partial charge in [0.25, 0.3) is 0 Å². The number of hydrogen-bond donors (Lipinski definition) is 0. The normalized spacial score (nSPS) is 27.3. The lowest BCUT2D eigenvalue weighted by molar-refractivity contribution is -0.152. The molecule has 0 amide bonds. The molecule has 0 radical (unpaired) electrons. The minimum absolute atomic E-state index is 0.131. The van der Waals surface area contributed by atoms with Crippen LogP contribution in [0.5, 0.6) is 0 Å². The summed E-state index contributed by atoms with van der Waals surface area (Å²) in [6, 6.07) is -0.165. The number of methoxy groups -OCH3 is 2. The maximum atomic E-state index is 11.9. The van der Waals surface area contributed by atoms with E-state index in [4.69, 9.17) is 9.47 Å². The van der Waals surface area contributed by atoms with Crippen LogP contribution in [0.4, 0.5) is 0 Å². The molecule has 4 atom stereocenters. The van der Waals surface area contributed by atoms with Crippen molar-refractivity contribution in [2.75, 3.05) is 14.2 Å². The fraction of sp³-hybridized carbons (Fsp3) is 0.867. The van der Waals surface area contributed by atoms with E-state index < -0.39 is 0 Å². The third-order valence-electron chi connectivity index (χ3n) is 3.97. The Hall–Kier alpha value is -1.46. The number of nitrogens with zero attached hydrogens (tertiary/aromatic N) is 2. The quantitative estimate of drug-likeness (QED) is 0.558. The summed E-state index contributed by atoms with van der Waals surface area (Å²) < 4.78 is 9.64. The first-order valence-electron chi connectivity index (χ1n) is 7.59. The maximum absolute atomic E-state index is 11.9. The number of carbonyl (C=O) groups is 2. The lowest BCUT2D eigenvalue weighted by Crippen LogP contribution is -2.37. The third-order valence-corrected chi connectivity index (χ3v) is 3.97. The van der Waals surface area contributed by atoms with E-state index >= 15 is 0 Å². The zero-order chi connectivity index (χ0) is 15.8. The molecule has 1 saturated carbocycles. The molecule has 6 heteroatoms. The molecule has 0 spiro atoms. The van der Waals surface area contributed by atoms with E-state index in [-0.39, 0.29) is 35.9 Å². The molecule has 0 aromatic carbocycles. The van der Waals surface area contributed by atoms with Gasteiger partial charge in [0.15, 0.2) is 0 Å². The molecule has 120 valence electrons. The summed E-state index contributed by atoms with van der Waals surface area (Å²) in [5, 5.41) is 8.62. The van der Waals surface area contributed by atoms with Crippen molar-refractivity contribution in [1.29, 1.82) is 0 Å². The smallest absolute Gasteiger partial charge is 0.310 e. The highest BCUT2D eigenvalue weighted by Gasteiger charge is 2.39. The van der Waals surface area contributed by atoms with Gasteiger partial charge in [-0.25, -0.2) is 0 Å². The van der Waals surface area contributed by atoms with Crippen LogP contribution in [0, 0.1) is 11.8 Å². The third kappa shape index (κ3) is 5.10. The van der Waals surface area contributed by atoms with E-state index in [9.17, 15) is 9.59 Å². The predicted octanol–water partition coefficient (Wildman–Crippen LogP) is 2.76. The average molecular weight is 298 g/mol. The number of hydrogen-bond acceptors (Lipinski definition) is 6. The van der Waals surface area contributed by atoms with Gasteiger partial charge in [-0.1, -0.05) is 13.3 Å². The molecule has 0 heterocycles. The largest absolute Gasteiger partial charge is 0.469 e. The molecule has 0 saturated heterocycles. The van der Waals surface area contributed by atoms with Gasteiger partial charge in [0, 0.05) is 0 Å². The highest BCUT2D eigenvalue weighted by molar-refractivity contribution is 5.75. The van der Waals surface area contributed by atoms with E-state index in [1.165, 1.54) is 14.2 Å². The Morgan fingerprint density at radius 1 is 1.19 bits per heavy atom. The molecule has 6 nitrogen and oxygen atoms in total. The first-order valence-corrected chi connectivity index (χ1v) is 7.59. The van der Waals surface area contributed by atoms with Gasteiger partial charge < -0.3 is 9.47 Å². The molecule has 21 heavy (non-hydrogen) atoms. The van der Waals surface area contributed by atoms with Crippen LogP contribution in [0.3, 0.4) is 0 Å². The molecule has 0 aliphatic heterocycles. The summed E-state index contributed by atoms with van der Waals surface area (Å²) in [4.78, 5) is 23.5. The molecule has 0 bridgehead atoms. The first kappa shape index (κ1) is 17.6. The number of azo groups is 1. The summed E-state index contributed by atoms with van der Waals surface area (Å²) in [7, 11) is 2.76. The second-order valence-corrected chi connectivity index (χ2v) is 5.60. The van der Waals surface area contributed by atoms with E-state index in [1.54, 1.807) is 0 Å². The highest BCUT2D eigenvalue weighted by atomic mass is 16.5. The molecule has 0 N–H and O–H groups in total. The van der Waals surface area contributed by atoms with Crippen molar-refractivity contribution in [1.82, 2.24) is 0 Å². The Balaban J connectivity index is 2.78. The van der Waals surface area contributed by atoms with Gasteiger partial charge >= 0.3 is 11.9 Å². The van der Waals surface area contributed by atoms with E-state index in [2.05, 4.69) is 17.2 Å². The van der Waals surface area contributed by atoms with Crippen molar-refractivity contribution < 1.29 is 19.1 Å². The van der Waals surface area contributed by atoms with Crippen LogP contribution in [-0.2, 0) is 19.1 Å². The van der Waals surface area contributed by atoms with Gasteiger partial charge in [0.2, 0.25) is 0 Å². The number of carbonyl (C=O) groups excluding carboxylic acids is 2. The molecule has 0 aromatic heterocycles. The molecule has 0 aromatic rings. The Morgan fingerprint density at radius 2 is 1.86 bits per heavy atom. The van der Waals surface area contributed by atoms with Crippen molar-refractivity contribution >= 4 is 11.9 Å². The fourth-order valence-electron chi connectivity index (χ4n) is 2.76. The first-order chi connectivity index (χ1) is 10.0. The summed E-state index contributed by atoms with van der Waals surface area (Å²) in [5.41, 5.74) is 0. The number of rotatable bonds is 6. The summed E-state index contributed by atoms with van der Waals surface area (Å²) >= 11 is 0. The van der Waals surface area contributed by atoms with Crippen LogP contribution in [0.1, 0.15) is 46.0 Å². The van der Waals surface area contributed by atoms with Crippen molar-refractivity contribution in [3.63, 3.8) is 0 Å². The minimum atomic E-state index is -0.312. The second-order valence-electron chi connectivity index (χ2n) is 5.60. The second kappa shape index (κ2) is 8.74. The lowest BCUT2D eigenvalue weighted by atomic mass is 9.78. The summed E-state index contributed by atoms with van der Waals surface area (Å²) in [5.74, 6) is -1.03. The molecular formula is C15H26N2O4. The molecule has 1 aliphatic rings. The van der Waals surface area contributed by atoms with Crippen molar-refractivity contribution in [2.24, 2.45) is 22.1 Å². The van der Waals surface area contributed by atoms with Gasteiger partial charge in [0.05, 0.1) is 38.1 Å². The monoisotopic (exact) mass is 298 g/mol. The zero-order valence-electron chi connectivity index (χ0n) is 13.4. The topological polar surface area (TPSA) is 77.3 Å². The Morgan fingerprint density at radius 3 is 2.43 bits per heavy atom. The van der Waals surface area contributed by atoms with Gasteiger partial charge in [-0.3, -0.25) is 9.59 Å². The van der Waals surface area contributed by atoms with Gasteiger partial charge in [-0.05, 0) is 32.6 Å². The molecule has 1 aliphatic carbocycles. The highest BCUT2D eigenvalue weighted by Crippen LogP contribution is 2.33. The van der Waals surface area contributed by atoms with Crippen LogP contribution >= 0.6 is 0 Å². The van der Waals surface area contributed by atoms with Crippen molar-refractivity contribution in [2.45, 2.75) is 58.0 Å². The van der Waals surface area contributed by atoms with Crippen LogP contribution in [0.2, 0.25) is 0 Å². The fourth-order valence-corrected chi connectivity index (χ4v) is 2.76. The lowest BCUT2D eigenvalue weighted by Gasteiger charge is -2.30. The summed E-state index contributed by atoms with van der Waals surface area (Å²) in [6.45, 7) is 4.10. The predicted molar refractivity (Wildman–Crippen MR) is 77.9 cm³/mol. The van der Waals surface area contributed by atoms with E-state index in [0.717, 1.165) is 12.8 Å². The van der Waals surface area contributed by atoms with E-state index in [1.807, 2.05) is 6.92 Å².